The van der Waals surface area contributed by atoms with E-state index >= 15 is 35.1 Å². The lowest BCUT2D eigenvalue weighted by Crippen LogP contribution is -2.81. The van der Waals surface area contributed by atoms with Gasteiger partial charge in [0.1, 0.15) is 52.7 Å². The monoisotopic (exact) mass is 939 g/mol. The van der Waals surface area contributed by atoms with E-state index in [4.69, 9.17) is 0 Å². The summed E-state index contributed by atoms with van der Waals surface area (Å²) in [5.41, 5.74) is -9.15. The van der Waals surface area contributed by atoms with Gasteiger partial charge in [0.25, 0.3) is 0 Å². The first-order chi connectivity index (χ1) is 30.5. The van der Waals surface area contributed by atoms with Crippen LogP contribution in [0, 0.1) is 123 Å². The molecule has 0 saturated heterocycles. The minimum atomic E-state index is -7.22. The van der Waals surface area contributed by atoms with Gasteiger partial charge >= 0.3 is 0 Å². The molecule has 7 aromatic rings. The van der Waals surface area contributed by atoms with E-state index in [1.165, 1.54) is 22.4 Å². The van der Waals surface area contributed by atoms with Crippen LogP contribution in [0.1, 0.15) is 11.1 Å². The van der Waals surface area contributed by atoms with Crippen LogP contribution in [-0.2, 0) is 6.54 Å². The van der Waals surface area contributed by atoms with Crippen LogP contribution in [0.25, 0.3) is 11.3 Å². The van der Waals surface area contributed by atoms with Gasteiger partial charge < -0.3 is 0 Å². The molecule has 7 rings (SSSR count). The van der Waals surface area contributed by atoms with Crippen molar-refractivity contribution in [2.45, 2.75) is 13.5 Å². The molecular formula is C43H18BF20N. The van der Waals surface area contributed by atoms with Crippen LogP contribution in [0.2, 0.25) is 0 Å². The van der Waals surface area contributed by atoms with Crippen LogP contribution in [-0.4, -0.2) is 6.15 Å². The summed E-state index contributed by atoms with van der Waals surface area (Å²) in [5, 5.41) is 0. The summed E-state index contributed by atoms with van der Waals surface area (Å²) in [4.78, 5) is 0. The first-order valence-corrected chi connectivity index (χ1v) is 17.9. The molecule has 0 N–H and O–H groups in total. The summed E-state index contributed by atoms with van der Waals surface area (Å²) >= 11 is 0. The Kier molecular flexibility index (Phi) is 13.2. The van der Waals surface area contributed by atoms with Gasteiger partial charge in [0.15, 0.2) is 82.5 Å². The molecule has 6 aromatic carbocycles. The zero-order chi connectivity index (χ0) is 48.1. The minimum absolute atomic E-state index is 0.894. The van der Waals surface area contributed by atoms with Crippen LogP contribution in [0.5, 0.6) is 0 Å². The Labute approximate surface area is 351 Å². The summed E-state index contributed by atoms with van der Waals surface area (Å²) in [5.74, 6) is -71.4. The molecule has 0 aliphatic carbocycles. The molecule has 0 amide bonds. The molecule has 0 fully saturated rings. The average Bonchev–Trinajstić information content (AvgIpc) is 3.30. The third kappa shape index (κ3) is 7.60. The van der Waals surface area contributed by atoms with E-state index in [1.54, 1.807) is 0 Å². The fourth-order valence-corrected chi connectivity index (χ4v) is 7.37. The Balaban J connectivity index is 0.000000289. The van der Waals surface area contributed by atoms with Crippen molar-refractivity contribution >= 4 is 28.0 Å². The summed E-state index contributed by atoms with van der Waals surface area (Å²) in [6.45, 7) is 3.06. The number of aromatic nitrogens is 1. The highest BCUT2D eigenvalue weighted by Crippen LogP contribution is 2.31. The van der Waals surface area contributed by atoms with Crippen molar-refractivity contribution in [2.75, 3.05) is 0 Å². The second-order valence-corrected chi connectivity index (χ2v) is 13.8. The third-order valence-corrected chi connectivity index (χ3v) is 10.3. The second-order valence-electron chi connectivity index (χ2n) is 13.8. The van der Waals surface area contributed by atoms with Crippen molar-refractivity contribution in [2.24, 2.45) is 0 Å². The topological polar surface area (TPSA) is 3.88 Å². The largest absolute Gasteiger partial charge is 0.213 e. The number of rotatable bonds is 7. The van der Waals surface area contributed by atoms with Gasteiger partial charge in [-0.3, -0.25) is 0 Å². The van der Waals surface area contributed by atoms with Crippen LogP contribution in [0.4, 0.5) is 87.8 Å². The molecule has 1 aromatic heterocycles. The highest BCUT2D eigenvalue weighted by Gasteiger charge is 2.52. The van der Waals surface area contributed by atoms with Gasteiger partial charge in [0, 0.05) is 23.3 Å². The molecule has 0 atom stereocenters. The van der Waals surface area contributed by atoms with Crippen molar-refractivity contribution in [3.8, 4) is 11.3 Å². The van der Waals surface area contributed by atoms with Crippen molar-refractivity contribution in [3.63, 3.8) is 0 Å². The molecule has 1 nitrogen and oxygen atoms in total. The Bertz CT molecular complexity index is 2650. The Morgan fingerprint density at radius 1 is 0.323 bits per heavy atom. The minimum Gasteiger partial charge on any atom is -0.207 e. The van der Waals surface area contributed by atoms with Crippen molar-refractivity contribution < 1.29 is 92.4 Å². The summed E-state index contributed by atoms with van der Waals surface area (Å²) in [6, 6.07) is 25.5. The number of nitrogens with zero attached hydrogens (tertiary/aromatic N) is 1. The van der Waals surface area contributed by atoms with E-state index in [0.29, 0.717) is 0 Å². The Hall–Kier alpha value is -6.87. The van der Waals surface area contributed by atoms with Gasteiger partial charge in [-0.25, -0.2) is 87.8 Å². The second kappa shape index (κ2) is 18.0. The maximum atomic E-state index is 15.4. The number of aryl methyl sites for hydroxylation is 1. The normalized spacial score (nSPS) is 11.5. The highest BCUT2D eigenvalue weighted by molar-refractivity contribution is 7.20. The number of pyridine rings is 1. The maximum Gasteiger partial charge on any atom is 0.213 e. The Morgan fingerprint density at radius 2 is 0.600 bits per heavy atom. The van der Waals surface area contributed by atoms with Gasteiger partial charge in [-0.05, 0) is 24.6 Å². The lowest BCUT2D eigenvalue weighted by molar-refractivity contribution is -0.677. The molecule has 65 heavy (non-hydrogen) atoms. The lowest BCUT2D eigenvalue weighted by atomic mass is 9.12. The van der Waals surface area contributed by atoms with Gasteiger partial charge in [0.05, 0.1) is 0 Å². The molecule has 0 aliphatic heterocycles. The molecule has 0 radical (unpaired) electrons. The molecule has 22 heteroatoms. The predicted molar refractivity (Wildman–Crippen MR) is 192 cm³/mol. The Morgan fingerprint density at radius 3 is 0.923 bits per heavy atom. The van der Waals surface area contributed by atoms with Crippen molar-refractivity contribution in [1.82, 2.24) is 0 Å². The zero-order valence-electron chi connectivity index (χ0n) is 31.8. The molecular weight excluding hydrogens is 921 g/mol. The molecule has 0 unspecified atom stereocenters. The predicted octanol–water partition coefficient (Wildman–Crippen LogP) is 9.84. The summed E-state index contributed by atoms with van der Waals surface area (Å²) in [7, 11) is 0. The molecule has 0 bridgehead atoms. The van der Waals surface area contributed by atoms with Crippen LogP contribution >= 0.6 is 0 Å². The zero-order valence-corrected chi connectivity index (χ0v) is 31.8. The fraction of sp³-hybridized carbons (Fsp3) is 0.0465. The number of hydrogen-bond acceptors (Lipinski definition) is 0. The van der Waals surface area contributed by atoms with Gasteiger partial charge in [-0.2, -0.15) is 4.57 Å². The first kappa shape index (κ1) is 47.6. The number of halogens is 20. The molecule has 0 spiro atoms. The van der Waals surface area contributed by atoms with Crippen LogP contribution < -0.4 is 26.4 Å². The van der Waals surface area contributed by atoms with E-state index in [9.17, 15) is 52.7 Å². The lowest BCUT2D eigenvalue weighted by Gasteiger charge is -2.44. The van der Waals surface area contributed by atoms with Gasteiger partial charge in [0.2, 0.25) is 5.69 Å². The molecule has 338 valence electrons. The van der Waals surface area contributed by atoms with E-state index < -0.39 is 144 Å². The highest BCUT2D eigenvalue weighted by atomic mass is 19.2. The quantitative estimate of drug-likeness (QED) is 0.0493. The first-order valence-electron chi connectivity index (χ1n) is 17.9. The van der Waals surface area contributed by atoms with Crippen LogP contribution in [0.3, 0.4) is 0 Å². The smallest absolute Gasteiger partial charge is 0.207 e. The molecule has 0 saturated carbocycles. The van der Waals surface area contributed by atoms with Crippen LogP contribution in [0.15, 0.2) is 79.0 Å². The van der Waals surface area contributed by atoms with Crippen molar-refractivity contribution in [1.29, 1.82) is 0 Å². The number of benzene rings is 6. The van der Waals surface area contributed by atoms with E-state index in [1.807, 2.05) is 0 Å². The summed E-state index contributed by atoms with van der Waals surface area (Å²) < 4.78 is 296. The van der Waals surface area contributed by atoms with E-state index in [-0.39, 0.29) is 0 Å². The van der Waals surface area contributed by atoms with E-state index in [2.05, 4.69) is 90.5 Å². The third-order valence-electron chi connectivity index (χ3n) is 10.3. The fourth-order valence-electron chi connectivity index (χ4n) is 7.37. The summed E-state index contributed by atoms with van der Waals surface area (Å²) in [6.07, 6.45) is -5.07. The SMILES string of the molecule is Cc1ccccc1-c1cccc[n+]1Cc1ccccc1.Fc1c(F)c(F)c([B-](c2c(F)c(F)c(F)c(F)c2F)(c2c(F)c(F)c(F)c(F)c2F)c2c(F)c(F)c(F)c(F)c2F)c(F)c1F. The maximum absolute atomic E-state index is 15.4. The van der Waals surface area contributed by atoms with E-state index in [0.717, 1.165) is 6.54 Å². The van der Waals surface area contributed by atoms with Gasteiger partial charge in [-0.1, -0.05) is 48.5 Å². The molecule has 1 heterocycles. The average molecular weight is 939 g/mol. The van der Waals surface area contributed by atoms with Crippen molar-refractivity contribution in [3.05, 3.63) is 206 Å². The molecule has 0 aliphatic rings. The standard InChI is InChI=1S/C24BF20.C19H18N/c26-5-1(6(27)14(35)21(42)13(5)34)25(2-7(28)15(36)22(43)16(37)8(2)29,3-9(30)17(38)23(44)18(39)10(3)31)4-11(32)19(40)24(45)20(41)12(4)33;1-16-9-5-6-12-18(16)19-13-7-8-14-20(19)15-17-10-3-2-4-11-17/h;2-14H,15H2,1H3/q-1;+1. The van der Waals surface area contributed by atoms with Gasteiger partial charge in [-0.15, -0.1) is 21.9 Å². The number of hydrogen-bond donors (Lipinski definition) is 0.